The SMILES string of the molecule is O=S(=O)(c1cnc[nH]1)N1C2C=CCC1CC2. The number of nitrogens with one attached hydrogen (secondary N) is 1. The maximum absolute atomic E-state index is 12.3. The Morgan fingerprint density at radius 2 is 2.31 bits per heavy atom. The van der Waals surface area contributed by atoms with Gasteiger partial charge in [0.05, 0.1) is 12.5 Å². The third-order valence-electron chi connectivity index (χ3n) is 3.28. The van der Waals surface area contributed by atoms with Crippen molar-refractivity contribution in [2.75, 3.05) is 0 Å². The number of fused-ring (bicyclic) bond motifs is 2. The summed E-state index contributed by atoms with van der Waals surface area (Å²) in [6, 6.07) is 0.162. The van der Waals surface area contributed by atoms with Crippen molar-refractivity contribution in [2.45, 2.75) is 36.4 Å². The van der Waals surface area contributed by atoms with E-state index in [1.54, 1.807) is 4.31 Å². The highest BCUT2D eigenvalue weighted by molar-refractivity contribution is 7.89. The molecule has 5 nitrogen and oxygen atoms in total. The molecule has 0 amide bonds. The predicted molar refractivity (Wildman–Crippen MR) is 58.2 cm³/mol. The van der Waals surface area contributed by atoms with E-state index in [0.717, 1.165) is 19.3 Å². The van der Waals surface area contributed by atoms with Gasteiger partial charge in [-0.2, -0.15) is 4.31 Å². The molecule has 2 aliphatic rings. The fourth-order valence-corrected chi connectivity index (χ4v) is 4.30. The van der Waals surface area contributed by atoms with E-state index in [9.17, 15) is 8.42 Å². The number of aromatic amines is 1. The van der Waals surface area contributed by atoms with Gasteiger partial charge < -0.3 is 4.98 Å². The molecule has 3 rings (SSSR count). The maximum atomic E-state index is 12.3. The quantitative estimate of drug-likeness (QED) is 0.779. The molecule has 2 bridgehead atoms. The Bertz CT molecular complexity index is 506. The summed E-state index contributed by atoms with van der Waals surface area (Å²) in [5.74, 6) is 0. The molecule has 0 aliphatic carbocycles. The standard InChI is InChI=1S/C10H13N3O2S/c14-16(15,10-6-11-7-12-10)13-8-2-1-3-9(13)5-4-8/h1-2,6-9H,3-5H2,(H,11,12). The third-order valence-corrected chi connectivity index (χ3v) is 5.18. The van der Waals surface area contributed by atoms with Gasteiger partial charge in [-0.25, -0.2) is 13.4 Å². The number of aromatic nitrogens is 2. The zero-order valence-electron chi connectivity index (χ0n) is 8.70. The van der Waals surface area contributed by atoms with Gasteiger partial charge in [0.15, 0.2) is 5.03 Å². The van der Waals surface area contributed by atoms with Gasteiger partial charge in [-0.3, -0.25) is 0 Å². The average molecular weight is 239 g/mol. The number of imidazole rings is 1. The van der Waals surface area contributed by atoms with Gasteiger partial charge >= 0.3 is 0 Å². The van der Waals surface area contributed by atoms with Crippen LogP contribution in [-0.4, -0.2) is 34.8 Å². The van der Waals surface area contributed by atoms with Crippen molar-refractivity contribution >= 4 is 10.0 Å². The monoisotopic (exact) mass is 239 g/mol. The molecule has 1 fully saturated rings. The molecule has 2 atom stereocenters. The molecule has 3 heterocycles. The van der Waals surface area contributed by atoms with Gasteiger partial charge in [0.25, 0.3) is 10.0 Å². The molecule has 1 aromatic rings. The summed E-state index contributed by atoms with van der Waals surface area (Å²) in [4.78, 5) is 6.45. The maximum Gasteiger partial charge on any atom is 0.260 e. The van der Waals surface area contributed by atoms with Crippen LogP contribution in [0.4, 0.5) is 0 Å². The van der Waals surface area contributed by atoms with E-state index in [-0.39, 0.29) is 17.1 Å². The van der Waals surface area contributed by atoms with Crippen LogP contribution in [0.3, 0.4) is 0 Å². The van der Waals surface area contributed by atoms with E-state index in [1.165, 1.54) is 12.5 Å². The van der Waals surface area contributed by atoms with Crippen molar-refractivity contribution in [3.63, 3.8) is 0 Å². The number of hydrogen-bond acceptors (Lipinski definition) is 3. The van der Waals surface area contributed by atoms with Crippen molar-refractivity contribution in [3.8, 4) is 0 Å². The second-order valence-corrected chi connectivity index (χ2v) is 6.02. The Balaban J connectivity index is 2.03. The first kappa shape index (κ1) is 10.0. The average Bonchev–Trinajstić information content (AvgIpc) is 2.86. The molecule has 2 aliphatic heterocycles. The van der Waals surface area contributed by atoms with Crippen molar-refractivity contribution < 1.29 is 8.42 Å². The molecule has 0 saturated carbocycles. The molecule has 0 aromatic carbocycles. The van der Waals surface area contributed by atoms with Crippen LogP contribution in [0, 0.1) is 0 Å². The summed E-state index contributed by atoms with van der Waals surface area (Å²) >= 11 is 0. The Labute approximate surface area is 94.2 Å². The minimum absolute atomic E-state index is 0.0343. The van der Waals surface area contributed by atoms with Crippen LogP contribution in [0.25, 0.3) is 0 Å². The van der Waals surface area contributed by atoms with Crippen LogP contribution in [0.15, 0.2) is 29.7 Å². The van der Waals surface area contributed by atoms with E-state index in [2.05, 4.69) is 16.0 Å². The van der Waals surface area contributed by atoms with Crippen molar-refractivity contribution in [2.24, 2.45) is 0 Å². The normalized spacial score (nSPS) is 29.8. The van der Waals surface area contributed by atoms with E-state index in [0.29, 0.717) is 0 Å². The highest BCUT2D eigenvalue weighted by Gasteiger charge is 2.42. The number of rotatable bonds is 2. The molecule has 6 heteroatoms. The van der Waals surface area contributed by atoms with Gasteiger partial charge in [0.1, 0.15) is 0 Å². The zero-order chi connectivity index (χ0) is 11.2. The number of sulfonamides is 1. The van der Waals surface area contributed by atoms with E-state index in [4.69, 9.17) is 0 Å². The van der Waals surface area contributed by atoms with Crippen LogP contribution < -0.4 is 0 Å². The van der Waals surface area contributed by atoms with E-state index >= 15 is 0 Å². The van der Waals surface area contributed by atoms with Crippen LogP contribution in [0.2, 0.25) is 0 Å². The van der Waals surface area contributed by atoms with Crippen molar-refractivity contribution in [3.05, 3.63) is 24.7 Å². The molecule has 16 heavy (non-hydrogen) atoms. The molecule has 0 spiro atoms. The second-order valence-electron chi connectivity index (χ2n) is 4.21. The van der Waals surface area contributed by atoms with Crippen molar-refractivity contribution in [1.82, 2.24) is 14.3 Å². The lowest BCUT2D eigenvalue weighted by Gasteiger charge is -2.29. The molecule has 86 valence electrons. The Morgan fingerprint density at radius 1 is 1.44 bits per heavy atom. The molecule has 1 aromatic heterocycles. The van der Waals surface area contributed by atoms with Crippen LogP contribution in [0.5, 0.6) is 0 Å². The molecular weight excluding hydrogens is 226 g/mol. The Kier molecular flexibility index (Phi) is 2.15. The van der Waals surface area contributed by atoms with Gasteiger partial charge in [0.2, 0.25) is 0 Å². The van der Waals surface area contributed by atoms with E-state index < -0.39 is 10.0 Å². The van der Waals surface area contributed by atoms with Gasteiger partial charge in [-0.05, 0) is 19.3 Å². The summed E-state index contributed by atoms with van der Waals surface area (Å²) in [6.07, 6.45) is 9.55. The molecule has 0 radical (unpaired) electrons. The highest BCUT2D eigenvalue weighted by atomic mass is 32.2. The van der Waals surface area contributed by atoms with Crippen LogP contribution >= 0.6 is 0 Å². The number of nitrogens with zero attached hydrogens (tertiary/aromatic N) is 2. The minimum Gasteiger partial charge on any atom is -0.335 e. The first-order valence-electron chi connectivity index (χ1n) is 5.38. The largest absolute Gasteiger partial charge is 0.335 e. The van der Waals surface area contributed by atoms with Gasteiger partial charge in [-0.1, -0.05) is 12.2 Å². The topological polar surface area (TPSA) is 66.1 Å². The zero-order valence-corrected chi connectivity index (χ0v) is 9.52. The molecule has 1 N–H and O–H groups in total. The Morgan fingerprint density at radius 3 is 3.00 bits per heavy atom. The van der Waals surface area contributed by atoms with Crippen LogP contribution in [0.1, 0.15) is 19.3 Å². The summed E-state index contributed by atoms with van der Waals surface area (Å²) in [5.41, 5.74) is 0. The molecular formula is C10H13N3O2S. The second kappa shape index (κ2) is 3.43. The minimum atomic E-state index is -3.39. The number of hydrogen-bond donors (Lipinski definition) is 1. The number of H-pyrrole nitrogens is 1. The van der Waals surface area contributed by atoms with Crippen molar-refractivity contribution in [1.29, 1.82) is 0 Å². The lowest BCUT2D eigenvalue weighted by Crippen LogP contribution is -2.42. The smallest absolute Gasteiger partial charge is 0.260 e. The van der Waals surface area contributed by atoms with Gasteiger partial charge in [0, 0.05) is 12.1 Å². The highest BCUT2D eigenvalue weighted by Crippen LogP contribution is 2.35. The lowest BCUT2D eigenvalue weighted by atomic mass is 10.2. The summed E-state index contributed by atoms with van der Waals surface area (Å²) in [7, 11) is -3.39. The summed E-state index contributed by atoms with van der Waals surface area (Å²) in [6.45, 7) is 0. The van der Waals surface area contributed by atoms with Gasteiger partial charge in [-0.15, -0.1) is 0 Å². The summed E-state index contributed by atoms with van der Waals surface area (Å²) < 4.78 is 26.3. The first-order valence-corrected chi connectivity index (χ1v) is 6.82. The molecule has 1 saturated heterocycles. The van der Waals surface area contributed by atoms with E-state index in [1.807, 2.05) is 6.08 Å². The summed E-state index contributed by atoms with van der Waals surface area (Å²) in [5, 5.41) is 0.194. The first-order chi connectivity index (χ1) is 7.69. The molecule has 2 unspecified atom stereocenters. The van der Waals surface area contributed by atoms with Crippen LogP contribution in [-0.2, 0) is 10.0 Å². The Hall–Kier alpha value is -1.14. The predicted octanol–water partition coefficient (Wildman–Crippen LogP) is 0.891. The third kappa shape index (κ3) is 1.33. The lowest BCUT2D eigenvalue weighted by molar-refractivity contribution is 0.340. The fourth-order valence-electron chi connectivity index (χ4n) is 2.56. The fraction of sp³-hybridized carbons (Fsp3) is 0.500.